The first kappa shape index (κ1) is 13.8. The average Bonchev–Trinajstić information content (AvgIpc) is 2.46. The van der Waals surface area contributed by atoms with Gasteiger partial charge in [-0.05, 0) is 48.4 Å². The Hall–Kier alpha value is -1.63. The van der Waals surface area contributed by atoms with Gasteiger partial charge >= 0.3 is 0 Å². The summed E-state index contributed by atoms with van der Waals surface area (Å²) < 4.78 is 0. The fourth-order valence-electron chi connectivity index (χ4n) is 2.27. The van der Waals surface area contributed by atoms with Gasteiger partial charge < -0.3 is 0 Å². The van der Waals surface area contributed by atoms with E-state index in [1.165, 1.54) is 35.6 Å². The van der Waals surface area contributed by atoms with Gasteiger partial charge in [-0.25, -0.2) is 0 Å². The minimum absolute atomic E-state index is 0.256. The van der Waals surface area contributed by atoms with E-state index in [2.05, 4.69) is 67.5 Å². The molecule has 0 fully saturated rings. The van der Waals surface area contributed by atoms with Crippen molar-refractivity contribution >= 4 is 17.0 Å². The van der Waals surface area contributed by atoms with Crippen LogP contribution in [0.1, 0.15) is 51.1 Å². The third-order valence-corrected chi connectivity index (χ3v) is 3.52. The summed E-state index contributed by atoms with van der Waals surface area (Å²) in [6.07, 6.45) is 7.02. The van der Waals surface area contributed by atoms with Crippen molar-refractivity contribution in [3.8, 4) is 0 Å². The van der Waals surface area contributed by atoms with Crippen LogP contribution in [0.3, 0.4) is 0 Å². The molecule has 0 saturated carbocycles. The summed E-state index contributed by atoms with van der Waals surface area (Å²) in [5.74, 6) is 0. The van der Waals surface area contributed by atoms with Crippen molar-refractivity contribution < 1.29 is 0 Å². The minimum Gasteiger partial charge on any atom is -0.290 e. The third-order valence-electron chi connectivity index (χ3n) is 3.52. The highest BCUT2D eigenvalue weighted by Crippen LogP contribution is 2.22. The van der Waals surface area contributed by atoms with E-state index in [0.717, 1.165) is 6.42 Å². The number of unbranched alkanes of at least 4 members (excludes halogenated alkanes) is 3. The molecular formula is C18H23N. The van der Waals surface area contributed by atoms with E-state index in [1.54, 1.807) is 0 Å². The Labute approximate surface area is 116 Å². The monoisotopic (exact) mass is 253 g/mol. The highest BCUT2D eigenvalue weighted by Gasteiger charge is 2.03. The molecule has 0 aromatic heterocycles. The number of hydrogen-bond acceptors (Lipinski definition) is 1. The van der Waals surface area contributed by atoms with Gasteiger partial charge in [-0.3, -0.25) is 4.99 Å². The summed E-state index contributed by atoms with van der Waals surface area (Å²) in [5, 5.41) is 2.60. The van der Waals surface area contributed by atoms with Gasteiger partial charge in [-0.1, -0.05) is 56.2 Å². The van der Waals surface area contributed by atoms with E-state index in [4.69, 9.17) is 0 Å². The first-order valence-corrected chi connectivity index (χ1v) is 7.31. The van der Waals surface area contributed by atoms with Gasteiger partial charge in [0.15, 0.2) is 0 Å². The van der Waals surface area contributed by atoms with Gasteiger partial charge in [0.05, 0.1) is 6.04 Å². The zero-order valence-electron chi connectivity index (χ0n) is 12.0. The van der Waals surface area contributed by atoms with Crippen LogP contribution in [0.2, 0.25) is 0 Å². The lowest BCUT2D eigenvalue weighted by atomic mass is 10.0. The van der Waals surface area contributed by atoms with Crippen LogP contribution >= 0.6 is 0 Å². The van der Waals surface area contributed by atoms with Gasteiger partial charge in [0.2, 0.25) is 0 Å². The van der Waals surface area contributed by atoms with Gasteiger partial charge in [0, 0.05) is 0 Å². The van der Waals surface area contributed by atoms with Crippen molar-refractivity contribution in [1.82, 2.24) is 0 Å². The molecule has 1 nitrogen and oxygen atoms in total. The van der Waals surface area contributed by atoms with Crippen LogP contribution in [-0.2, 0) is 0 Å². The second-order valence-corrected chi connectivity index (χ2v) is 5.11. The van der Waals surface area contributed by atoms with Crippen molar-refractivity contribution in [1.29, 1.82) is 0 Å². The number of nitrogens with zero attached hydrogens (tertiary/aromatic N) is 1. The molecule has 0 aliphatic carbocycles. The SMILES string of the molecule is CCCCC/C=N/[C@H](C)c1ccc2ccccc2c1. The van der Waals surface area contributed by atoms with Crippen LogP contribution in [0, 0.1) is 0 Å². The van der Waals surface area contributed by atoms with Gasteiger partial charge in [0.1, 0.15) is 0 Å². The van der Waals surface area contributed by atoms with Crippen molar-refractivity contribution in [2.24, 2.45) is 4.99 Å². The molecule has 0 amide bonds. The van der Waals surface area contributed by atoms with Crippen LogP contribution in [0.15, 0.2) is 47.5 Å². The second-order valence-electron chi connectivity index (χ2n) is 5.11. The maximum absolute atomic E-state index is 4.65. The molecule has 0 spiro atoms. The van der Waals surface area contributed by atoms with Crippen molar-refractivity contribution in [3.05, 3.63) is 48.0 Å². The van der Waals surface area contributed by atoms with Gasteiger partial charge in [-0.2, -0.15) is 0 Å². The van der Waals surface area contributed by atoms with Crippen LogP contribution in [-0.4, -0.2) is 6.21 Å². The molecule has 0 radical (unpaired) electrons. The Morgan fingerprint density at radius 3 is 2.63 bits per heavy atom. The lowest BCUT2D eigenvalue weighted by Crippen LogP contribution is -1.90. The molecule has 0 unspecified atom stereocenters. The van der Waals surface area contributed by atoms with E-state index in [1.807, 2.05) is 0 Å². The zero-order chi connectivity index (χ0) is 13.5. The average molecular weight is 253 g/mol. The molecule has 19 heavy (non-hydrogen) atoms. The number of benzene rings is 2. The third kappa shape index (κ3) is 3.92. The molecule has 2 aromatic carbocycles. The molecular weight excluding hydrogens is 230 g/mol. The highest BCUT2D eigenvalue weighted by atomic mass is 14.7. The molecule has 0 bridgehead atoms. The van der Waals surface area contributed by atoms with E-state index in [0.29, 0.717) is 0 Å². The topological polar surface area (TPSA) is 12.4 Å². The van der Waals surface area contributed by atoms with Gasteiger partial charge in [-0.15, -0.1) is 0 Å². The van der Waals surface area contributed by atoms with Gasteiger partial charge in [0.25, 0.3) is 0 Å². The Balaban J connectivity index is 2.02. The summed E-state index contributed by atoms with van der Waals surface area (Å²) >= 11 is 0. The Kier molecular flexibility index (Phi) is 5.14. The highest BCUT2D eigenvalue weighted by molar-refractivity contribution is 5.83. The fraction of sp³-hybridized carbons (Fsp3) is 0.389. The molecule has 100 valence electrons. The number of hydrogen-bond donors (Lipinski definition) is 0. The first-order valence-electron chi connectivity index (χ1n) is 7.31. The summed E-state index contributed by atoms with van der Waals surface area (Å²) in [7, 11) is 0. The van der Waals surface area contributed by atoms with E-state index >= 15 is 0 Å². The molecule has 1 atom stereocenters. The summed E-state index contributed by atoms with van der Waals surface area (Å²) in [6.45, 7) is 4.40. The smallest absolute Gasteiger partial charge is 0.0717 e. The maximum atomic E-state index is 4.65. The van der Waals surface area contributed by atoms with E-state index < -0.39 is 0 Å². The summed E-state index contributed by atoms with van der Waals surface area (Å²) in [5.41, 5.74) is 1.30. The lowest BCUT2D eigenvalue weighted by Gasteiger charge is -2.08. The largest absolute Gasteiger partial charge is 0.290 e. The van der Waals surface area contributed by atoms with Crippen LogP contribution < -0.4 is 0 Å². The molecule has 0 saturated heterocycles. The predicted molar refractivity (Wildman–Crippen MR) is 85.0 cm³/mol. The number of aliphatic imine (C=N–C) groups is 1. The molecule has 0 heterocycles. The van der Waals surface area contributed by atoms with Crippen molar-refractivity contribution in [2.45, 2.75) is 45.6 Å². The van der Waals surface area contributed by atoms with Crippen molar-refractivity contribution in [2.75, 3.05) is 0 Å². The Morgan fingerprint density at radius 1 is 1.05 bits per heavy atom. The normalized spacial score (nSPS) is 13.2. The second kappa shape index (κ2) is 7.08. The fourth-order valence-corrected chi connectivity index (χ4v) is 2.27. The zero-order valence-corrected chi connectivity index (χ0v) is 12.0. The maximum Gasteiger partial charge on any atom is 0.0717 e. The Morgan fingerprint density at radius 2 is 1.84 bits per heavy atom. The predicted octanol–water partition coefficient (Wildman–Crippen LogP) is 5.55. The first-order chi connectivity index (χ1) is 9.31. The molecule has 0 aliphatic rings. The summed E-state index contributed by atoms with van der Waals surface area (Å²) in [4.78, 5) is 4.65. The van der Waals surface area contributed by atoms with Crippen LogP contribution in [0.4, 0.5) is 0 Å². The quantitative estimate of drug-likeness (QED) is 0.472. The summed E-state index contributed by atoms with van der Waals surface area (Å²) in [6, 6.07) is 15.4. The minimum atomic E-state index is 0.256. The standard InChI is InChI=1S/C18H23N/c1-3-4-5-8-13-19-15(2)17-12-11-16-9-6-7-10-18(16)14-17/h6-7,9-15H,3-5,8H2,1-2H3/b19-13+/t15-/m1/s1. The van der Waals surface area contributed by atoms with Crippen molar-refractivity contribution in [3.63, 3.8) is 0 Å². The number of rotatable bonds is 6. The lowest BCUT2D eigenvalue weighted by molar-refractivity contribution is 0.740. The van der Waals surface area contributed by atoms with E-state index in [9.17, 15) is 0 Å². The molecule has 2 aromatic rings. The van der Waals surface area contributed by atoms with Crippen LogP contribution in [0.25, 0.3) is 10.8 Å². The molecule has 0 N–H and O–H groups in total. The molecule has 1 heteroatoms. The Bertz CT molecular complexity index is 542. The molecule has 2 rings (SSSR count). The van der Waals surface area contributed by atoms with E-state index in [-0.39, 0.29) is 6.04 Å². The number of fused-ring (bicyclic) bond motifs is 1. The molecule has 0 aliphatic heterocycles. The van der Waals surface area contributed by atoms with Crippen LogP contribution in [0.5, 0.6) is 0 Å².